The molecule has 3 nitrogen and oxygen atoms in total. The molecule has 1 aliphatic heterocycles. The van der Waals surface area contributed by atoms with Crippen molar-refractivity contribution in [2.24, 2.45) is 5.92 Å². The van der Waals surface area contributed by atoms with Gasteiger partial charge in [0.25, 0.3) is 0 Å². The molecule has 0 aliphatic carbocycles. The molecule has 0 radical (unpaired) electrons. The largest absolute Gasteiger partial charge is 0.491 e. The van der Waals surface area contributed by atoms with Crippen molar-refractivity contribution in [1.82, 2.24) is 5.32 Å². The Morgan fingerprint density at radius 1 is 1.31 bits per heavy atom. The average Bonchev–Trinajstić information content (AvgIpc) is 2.17. The maximum atomic E-state index is 5.59. The van der Waals surface area contributed by atoms with Crippen LogP contribution in [0.25, 0.3) is 0 Å². The first-order chi connectivity index (χ1) is 7.74. The van der Waals surface area contributed by atoms with Crippen LogP contribution >= 0.6 is 0 Å². The molecule has 0 unspecified atom stereocenters. The van der Waals surface area contributed by atoms with E-state index >= 15 is 0 Å². The first-order valence-electron chi connectivity index (χ1n) is 5.95. The molecule has 1 aliphatic rings. The Morgan fingerprint density at radius 3 is 2.50 bits per heavy atom. The van der Waals surface area contributed by atoms with Crippen LogP contribution in [-0.4, -0.2) is 25.7 Å². The Hall–Kier alpha value is -1.22. The molecule has 88 valence electrons. The van der Waals surface area contributed by atoms with Gasteiger partial charge in [-0.1, -0.05) is 0 Å². The monoisotopic (exact) mass is 220 g/mol. The fraction of sp³-hybridized carbons (Fsp3) is 0.538. The van der Waals surface area contributed by atoms with Gasteiger partial charge in [-0.3, -0.25) is 0 Å². The van der Waals surface area contributed by atoms with Crippen LogP contribution in [0.15, 0.2) is 24.3 Å². The van der Waals surface area contributed by atoms with Crippen LogP contribution in [0.5, 0.6) is 5.75 Å². The van der Waals surface area contributed by atoms with Crippen LogP contribution in [0.3, 0.4) is 0 Å². The maximum absolute atomic E-state index is 5.59. The zero-order valence-electron chi connectivity index (χ0n) is 9.99. The standard InChI is InChI=1S/C13H20N2O/c1-10(2)16-13-5-3-12(4-6-13)15-9-11-7-14-8-11/h3-6,10-11,14-15H,7-9H2,1-2H3. The molecule has 0 atom stereocenters. The van der Waals surface area contributed by atoms with Crippen molar-refractivity contribution in [3.8, 4) is 5.75 Å². The summed E-state index contributed by atoms with van der Waals surface area (Å²) in [6.07, 6.45) is 0.236. The van der Waals surface area contributed by atoms with E-state index in [4.69, 9.17) is 4.74 Å². The van der Waals surface area contributed by atoms with Gasteiger partial charge in [0.05, 0.1) is 6.10 Å². The molecule has 1 heterocycles. The van der Waals surface area contributed by atoms with E-state index in [2.05, 4.69) is 22.8 Å². The summed E-state index contributed by atoms with van der Waals surface area (Å²) in [7, 11) is 0. The van der Waals surface area contributed by atoms with E-state index in [0.717, 1.165) is 31.3 Å². The molecular weight excluding hydrogens is 200 g/mol. The van der Waals surface area contributed by atoms with E-state index < -0.39 is 0 Å². The van der Waals surface area contributed by atoms with Gasteiger partial charge >= 0.3 is 0 Å². The minimum atomic E-state index is 0.236. The van der Waals surface area contributed by atoms with Gasteiger partial charge in [0.15, 0.2) is 0 Å². The molecule has 1 aromatic rings. The highest BCUT2D eigenvalue weighted by Gasteiger charge is 2.15. The van der Waals surface area contributed by atoms with E-state index in [-0.39, 0.29) is 6.10 Å². The number of ether oxygens (including phenoxy) is 1. The molecule has 1 saturated heterocycles. The third kappa shape index (κ3) is 3.14. The lowest BCUT2D eigenvalue weighted by atomic mass is 10.0. The summed E-state index contributed by atoms with van der Waals surface area (Å²) in [5, 5.41) is 6.70. The third-order valence-corrected chi connectivity index (χ3v) is 2.69. The number of nitrogens with one attached hydrogen (secondary N) is 2. The van der Waals surface area contributed by atoms with Crippen molar-refractivity contribution in [3.05, 3.63) is 24.3 Å². The fourth-order valence-corrected chi connectivity index (χ4v) is 1.68. The minimum Gasteiger partial charge on any atom is -0.491 e. The summed E-state index contributed by atoms with van der Waals surface area (Å²) in [5.74, 6) is 1.72. The zero-order chi connectivity index (χ0) is 11.4. The van der Waals surface area contributed by atoms with Gasteiger partial charge in [-0.15, -0.1) is 0 Å². The van der Waals surface area contributed by atoms with E-state index in [0.29, 0.717) is 0 Å². The highest BCUT2D eigenvalue weighted by molar-refractivity contribution is 5.46. The molecule has 16 heavy (non-hydrogen) atoms. The fourth-order valence-electron chi connectivity index (χ4n) is 1.68. The lowest BCUT2D eigenvalue weighted by Crippen LogP contribution is -2.45. The van der Waals surface area contributed by atoms with Crippen molar-refractivity contribution < 1.29 is 4.74 Å². The van der Waals surface area contributed by atoms with Crippen LogP contribution in [0.2, 0.25) is 0 Å². The summed E-state index contributed by atoms with van der Waals surface area (Å²) in [6.45, 7) is 7.41. The van der Waals surface area contributed by atoms with Gasteiger partial charge in [-0.25, -0.2) is 0 Å². The van der Waals surface area contributed by atoms with Crippen LogP contribution in [0.1, 0.15) is 13.8 Å². The van der Waals surface area contributed by atoms with Gasteiger partial charge in [0.1, 0.15) is 5.75 Å². The van der Waals surface area contributed by atoms with Crippen molar-refractivity contribution >= 4 is 5.69 Å². The van der Waals surface area contributed by atoms with E-state index in [9.17, 15) is 0 Å². The molecule has 1 fully saturated rings. The molecule has 2 rings (SSSR count). The lowest BCUT2D eigenvalue weighted by Gasteiger charge is -2.27. The Balaban J connectivity index is 1.81. The van der Waals surface area contributed by atoms with Gasteiger partial charge in [-0.2, -0.15) is 0 Å². The Morgan fingerprint density at radius 2 is 2.00 bits per heavy atom. The summed E-state index contributed by atoms with van der Waals surface area (Å²) in [4.78, 5) is 0. The number of benzene rings is 1. The van der Waals surface area contributed by atoms with Crippen molar-refractivity contribution in [1.29, 1.82) is 0 Å². The highest BCUT2D eigenvalue weighted by atomic mass is 16.5. The Labute approximate surface area is 97.2 Å². The molecular formula is C13H20N2O. The van der Waals surface area contributed by atoms with Gasteiger partial charge in [0.2, 0.25) is 0 Å². The Bertz CT molecular complexity index is 317. The minimum absolute atomic E-state index is 0.236. The first-order valence-corrected chi connectivity index (χ1v) is 5.95. The normalized spacial score (nSPS) is 15.9. The highest BCUT2D eigenvalue weighted by Crippen LogP contribution is 2.17. The van der Waals surface area contributed by atoms with Crippen LogP contribution < -0.4 is 15.4 Å². The van der Waals surface area contributed by atoms with Gasteiger partial charge in [0, 0.05) is 31.2 Å². The van der Waals surface area contributed by atoms with E-state index in [1.165, 1.54) is 5.69 Å². The third-order valence-electron chi connectivity index (χ3n) is 2.69. The Kier molecular flexibility index (Phi) is 3.67. The maximum Gasteiger partial charge on any atom is 0.119 e. The van der Waals surface area contributed by atoms with Crippen molar-refractivity contribution in [3.63, 3.8) is 0 Å². The second-order valence-electron chi connectivity index (χ2n) is 4.60. The first kappa shape index (κ1) is 11.3. The topological polar surface area (TPSA) is 33.3 Å². The van der Waals surface area contributed by atoms with Crippen LogP contribution in [-0.2, 0) is 0 Å². The molecule has 3 heteroatoms. The summed E-state index contributed by atoms with van der Waals surface area (Å²) >= 11 is 0. The number of anilines is 1. The van der Waals surface area contributed by atoms with Crippen LogP contribution in [0.4, 0.5) is 5.69 Å². The molecule has 0 amide bonds. The van der Waals surface area contributed by atoms with Crippen LogP contribution in [0, 0.1) is 5.92 Å². The van der Waals surface area contributed by atoms with E-state index in [1.54, 1.807) is 0 Å². The molecule has 0 aromatic heterocycles. The van der Waals surface area contributed by atoms with Gasteiger partial charge < -0.3 is 15.4 Å². The molecule has 2 N–H and O–H groups in total. The number of hydrogen-bond acceptors (Lipinski definition) is 3. The van der Waals surface area contributed by atoms with Crippen molar-refractivity contribution in [2.75, 3.05) is 25.0 Å². The number of hydrogen-bond donors (Lipinski definition) is 2. The molecule has 0 saturated carbocycles. The second kappa shape index (κ2) is 5.21. The predicted octanol–water partition coefficient (Wildman–Crippen LogP) is 2.11. The molecule has 0 bridgehead atoms. The zero-order valence-corrected chi connectivity index (χ0v) is 9.99. The molecule has 0 spiro atoms. The van der Waals surface area contributed by atoms with E-state index in [1.807, 2.05) is 26.0 Å². The lowest BCUT2D eigenvalue weighted by molar-refractivity contribution is 0.242. The summed E-state index contributed by atoms with van der Waals surface area (Å²) < 4.78 is 5.59. The van der Waals surface area contributed by atoms with Gasteiger partial charge in [-0.05, 0) is 38.1 Å². The summed E-state index contributed by atoms with van der Waals surface area (Å²) in [6, 6.07) is 8.18. The quantitative estimate of drug-likeness (QED) is 0.797. The second-order valence-corrected chi connectivity index (χ2v) is 4.60. The predicted molar refractivity (Wildman–Crippen MR) is 67.1 cm³/mol. The number of rotatable bonds is 5. The summed E-state index contributed by atoms with van der Waals surface area (Å²) in [5.41, 5.74) is 1.17. The van der Waals surface area contributed by atoms with Crippen molar-refractivity contribution in [2.45, 2.75) is 20.0 Å². The SMILES string of the molecule is CC(C)Oc1ccc(NCC2CNC2)cc1. The average molecular weight is 220 g/mol. The smallest absolute Gasteiger partial charge is 0.119 e. The molecule has 1 aromatic carbocycles.